The largest absolute Gasteiger partial charge is 0.386 e. The lowest BCUT2D eigenvalue weighted by atomic mass is 9.95. The summed E-state index contributed by atoms with van der Waals surface area (Å²) >= 11 is 0. The minimum atomic E-state index is -0.684. The number of nitro benzene ring substituents is 1. The van der Waals surface area contributed by atoms with E-state index in [1.165, 1.54) is 6.07 Å². The first-order valence-electron chi connectivity index (χ1n) is 5.97. The molecule has 1 N–H and O–H groups in total. The van der Waals surface area contributed by atoms with Crippen LogP contribution in [0.25, 0.3) is 10.9 Å². The van der Waals surface area contributed by atoms with Gasteiger partial charge in [-0.15, -0.1) is 0 Å². The number of aromatic nitrogens is 1. The maximum Gasteiger partial charge on any atom is 0.295 e. The first kappa shape index (κ1) is 11.9. The van der Waals surface area contributed by atoms with E-state index in [0.29, 0.717) is 18.6 Å². The molecule has 2 aromatic rings. The Balaban J connectivity index is 2.13. The van der Waals surface area contributed by atoms with Crippen LogP contribution in [0.4, 0.5) is 11.4 Å². The Bertz CT molecular complexity index is 661. The Kier molecular flexibility index (Phi) is 2.43. The summed E-state index contributed by atoms with van der Waals surface area (Å²) in [5.74, 6) is 0. The van der Waals surface area contributed by atoms with Gasteiger partial charge in [-0.1, -0.05) is 0 Å². The molecule has 19 heavy (non-hydrogen) atoms. The average Bonchev–Trinajstić information content (AvgIpc) is 2.34. The predicted molar refractivity (Wildman–Crippen MR) is 71.2 cm³/mol. The summed E-state index contributed by atoms with van der Waals surface area (Å²) in [6.45, 7) is 2.82. The summed E-state index contributed by atoms with van der Waals surface area (Å²) in [5.41, 5.74) is 0.583. The van der Waals surface area contributed by atoms with E-state index >= 15 is 0 Å². The highest BCUT2D eigenvalue weighted by atomic mass is 16.6. The predicted octanol–water partition coefficient (Wildman–Crippen LogP) is 1.71. The number of fused-ring (bicyclic) bond motifs is 1. The Hall–Kier alpha value is -2.21. The molecule has 6 heteroatoms. The van der Waals surface area contributed by atoms with Gasteiger partial charge >= 0.3 is 0 Å². The monoisotopic (exact) mass is 259 g/mol. The van der Waals surface area contributed by atoms with Crippen LogP contribution in [0.1, 0.15) is 6.92 Å². The lowest BCUT2D eigenvalue weighted by molar-refractivity contribution is -0.383. The Morgan fingerprint density at radius 1 is 1.42 bits per heavy atom. The smallest absolute Gasteiger partial charge is 0.295 e. The maximum absolute atomic E-state index is 11.0. The van der Waals surface area contributed by atoms with E-state index in [1.54, 1.807) is 25.3 Å². The summed E-state index contributed by atoms with van der Waals surface area (Å²) in [5, 5.41) is 21.5. The van der Waals surface area contributed by atoms with Gasteiger partial charge in [0.25, 0.3) is 5.69 Å². The minimum Gasteiger partial charge on any atom is -0.386 e. The molecule has 1 aromatic heterocycles. The maximum atomic E-state index is 11.0. The second-order valence-corrected chi connectivity index (χ2v) is 5.11. The molecule has 0 amide bonds. The van der Waals surface area contributed by atoms with Gasteiger partial charge in [-0.2, -0.15) is 0 Å². The second kappa shape index (κ2) is 3.89. The molecule has 0 radical (unpaired) electrons. The summed E-state index contributed by atoms with van der Waals surface area (Å²) in [6, 6.07) is 6.76. The van der Waals surface area contributed by atoms with Crippen LogP contribution >= 0.6 is 0 Å². The van der Waals surface area contributed by atoms with Gasteiger partial charge in [-0.05, 0) is 25.1 Å². The van der Waals surface area contributed by atoms with Crippen molar-refractivity contribution in [3.63, 3.8) is 0 Å². The van der Waals surface area contributed by atoms with Crippen molar-refractivity contribution in [2.75, 3.05) is 18.0 Å². The van der Waals surface area contributed by atoms with Crippen molar-refractivity contribution in [2.45, 2.75) is 12.5 Å². The van der Waals surface area contributed by atoms with Crippen molar-refractivity contribution in [1.82, 2.24) is 4.98 Å². The second-order valence-electron chi connectivity index (χ2n) is 5.11. The van der Waals surface area contributed by atoms with Crippen LogP contribution in [-0.2, 0) is 0 Å². The number of benzene rings is 1. The lowest BCUT2D eigenvalue weighted by Gasteiger charge is -2.46. The molecule has 0 spiro atoms. The van der Waals surface area contributed by atoms with Crippen LogP contribution in [0.2, 0.25) is 0 Å². The Morgan fingerprint density at radius 3 is 2.79 bits per heavy atom. The summed E-state index contributed by atoms with van der Waals surface area (Å²) in [6.07, 6.45) is 1.55. The van der Waals surface area contributed by atoms with Crippen molar-refractivity contribution in [1.29, 1.82) is 0 Å². The summed E-state index contributed by atoms with van der Waals surface area (Å²) < 4.78 is 0. The zero-order valence-corrected chi connectivity index (χ0v) is 10.4. The molecular weight excluding hydrogens is 246 g/mol. The van der Waals surface area contributed by atoms with E-state index in [0.717, 1.165) is 11.1 Å². The molecule has 3 rings (SSSR count). The third-order valence-electron chi connectivity index (χ3n) is 3.33. The van der Waals surface area contributed by atoms with Gasteiger partial charge in [-0.25, -0.2) is 4.98 Å². The van der Waals surface area contributed by atoms with Gasteiger partial charge in [-0.3, -0.25) is 10.1 Å². The van der Waals surface area contributed by atoms with Crippen molar-refractivity contribution in [2.24, 2.45) is 0 Å². The minimum absolute atomic E-state index is 0.00614. The van der Waals surface area contributed by atoms with Gasteiger partial charge in [0, 0.05) is 36.4 Å². The van der Waals surface area contributed by atoms with Crippen LogP contribution in [0.5, 0.6) is 0 Å². The van der Waals surface area contributed by atoms with E-state index in [-0.39, 0.29) is 5.69 Å². The Labute approximate surface area is 109 Å². The third kappa shape index (κ3) is 1.90. The number of hydrogen-bond acceptors (Lipinski definition) is 5. The molecule has 0 saturated carbocycles. The van der Waals surface area contributed by atoms with Crippen molar-refractivity contribution in [3.8, 4) is 0 Å². The first-order chi connectivity index (χ1) is 8.98. The van der Waals surface area contributed by atoms with Crippen molar-refractivity contribution < 1.29 is 10.0 Å². The molecule has 98 valence electrons. The molecule has 1 saturated heterocycles. The number of non-ortho nitro benzene ring substituents is 1. The highest BCUT2D eigenvalue weighted by molar-refractivity contribution is 5.97. The van der Waals surface area contributed by atoms with E-state index in [9.17, 15) is 15.2 Å². The number of pyridine rings is 1. The lowest BCUT2D eigenvalue weighted by Crippen LogP contribution is -2.60. The van der Waals surface area contributed by atoms with Crippen LogP contribution < -0.4 is 4.90 Å². The highest BCUT2D eigenvalue weighted by Crippen LogP contribution is 2.36. The van der Waals surface area contributed by atoms with Crippen LogP contribution in [-0.4, -0.2) is 33.7 Å². The standard InChI is InChI=1S/C13H13N3O3/c1-13(17)7-15(8-13)10-4-5-11(16(18)19)12-9(10)3-2-6-14-12/h2-6,17H,7-8H2,1H3. The van der Waals surface area contributed by atoms with E-state index in [4.69, 9.17) is 0 Å². The first-order valence-corrected chi connectivity index (χ1v) is 5.97. The molecule has 0 aliphatic carbocycles. The normalized spacial score (nSPS) is 17.3. The topological polar surface area (TPSA) is 79.5 Å². The fourth-order valence-corrected chi connectivity index (χ4v) is 2.51. The number of nitro groups is 1. The SMILES string of the molecule is CC1(O)CN(c2ccc([N+](=O)[O-])c3ncccc23)C1. The quantitative estimate of drug-likeness (QED) is 0.656. The van der Waals surface area contributed by atoms with Crippen LogP contribution in [0.15, 0.2) is 30.5 Å². The van der Waals surface area contributed by atoms with Crippen LogP contribution in [0.3, 0.4) is 0 Å². The zero-order valence-electron chi connectivity index (χ0n) is 10.4. The van der Waals surface area contributed by atoms with Gasteiger partial charge in [0.1, 0.15) is 5.52 Å². The number of β-amino-alcohol motifs (C(OH)–C–C–N with tert-alkyl or cyclic N) is 1. The van der Waals surface area contributed by atoms with E-state index in [1.807, 2.05) is 11.0 Å². The average molecular weight is 259 g/mol. The van der Waals surface area contributed by atoms with Crippen LogP contribution in [0, 0.1) is 10.1 Å². The number of hydrogen-bond donors (Lipinski definition) is 1. The molecule has 0 atom stereocenters. The molecule has 0 unspecified atom stereocenters. The highest BCUT2D eigenvalue weighted by Gasteiger charge is 2.37. The van der Waals surface area contributed by atoms with Gasteiger partial charge in [0.15, 0.2) is 0 Å². The molecule has 6 nitrogen and oxygen atoms in total. The summed E-state index contributed by atoms with van der Waals surface area (Å²) in [7, 11) is 0. The number of rotatable bonds is 2. The molecule has 2 heterocycles. The van der Waals surface area contributed by atoms with E-state index < -0.39 is 10.5 Å². The molecule has 1 aliphatic rings. The number of aliphatic hydroxyl groups is 1. The third-order valence-corrected chi connectivity index (χ3v) is 3.33. The fourth-order valence-electron chi connectivity index (χ4n) is 2.51. The molecule has 1 aromatic carbocycles. The molecular formula is C13H13N3O3. The summed E-state index contributed by atoms with van der Waals surface area (Å²) in [4.78, 5) is 16.7. The number of anilines is 1. The van der Waals surface area contributed by atoms with Crippen molar-refractivity contribution >= 4 is 22.3 Å². The number of nitrogens with zero attached hydrogens (tertiary/aromatic N) is 3. The van der Waals surface area contributed by atoms with Crippen molar-refractivity contribution in [3.05, 3.63) is 40.6 Å². The van der Waals surface area contributed by atoms with Gasteiger partial charge in [0.05, 0.1) is 10.5 Å². The van der Waals surface area contributed by atoms with E-state index in [2.05, 4.69) is 4.98 Å². The molecule has 1 aliphatic heterocycles. The molecule has 1 fully saturated rings. The Morgan fingerprint density at radius 2 is 2.16 bits per heavy atom. The van der Waals surface area contributed by atoms with Gasteiger partial charge in [0.2, 0.25) is 0 Å². The van der Waals surface area contributed by atoms with Gasteiger partial charge < -0.3 is 10.0 Å². The molecule has 0 bridgehead atoms. The zero-order chi connectivity index (χ0) is 13.6. The fraction of sp³-hybridized carbons (Fsp3) is 0.308.